The quantitative estimate of drug-likeness (QED) is 0.758. The first-order valence-electron chi connectivity index (χ1n) is 6.66. The molecule has 0 spiro atoms. The van der Waals surface area contributed by atoms with Crippen molar-refractivity contribution in [3.63, 3.8) is 0 Å². The van der Waals surface area contributed by atoms with Crippen molar-refractivity contribution >= 4 is 49.1 Å². The van der Waals surface area contributed by atoms with Crippen molar-refractivity contribution in [2.45, 2.75) is 4.90 Å². The van der Waals surface area contributed by atoms with Gasteiger partial charge in [-0.2, -0.15) is 0 Å². The first-order chi connectivity index (χ1) is 11.3. The molecule has 0 radical (unpaired) electrons. The first-order valence-corrected chi connectivity index (χ1v) is 9.32. The highest BCUT2D eigenvalue weighted by Gasteiger charge is 2.19. The topological polar surface area (TPSA) is 84.5 Å². The van der Waals surface area contributed by atoms with E-state index in [0.717, 1.165) is 0 Å². The molecule has 0 bridgehead atoms. The fraction of sp³-hybridized carbons (Fsp3) is 0.133. The Morgan fingerprint density at radius 1 is 1.21 bits per heavy atom. The number of hydrogen-bond donors (Lipinski definition) is 2. The van der Waals surface area contributed by atoms with Crippen LogP contribution in [-0.4, -0.2) is 28.5 Å². The Labute approximate surface area is 153 Å². The number of ether oxygens (including phenoxy) is 1. The lowest BCUT2D eigenvalue weighted by Gasteiger charge is -2.12. The lowest BCUT2D eigenvalue weighted by atomic mass is 10.2. The van der Waals surface area contributed by atoms with Crippen molar-refractivity contribution in [1.29, 1.82) is 0 Å². The van der Waals surface area contributed by atoms with E-state index < -0.39 is 15.9 Å². The molecule has 0 unspecified atom stereocenters. The summed E-state index contributed by atoms with van der Waals surface area (Å²) in [6.07, 6.45) is 0. The summed E-state index contributed by atoms with van der Waals surface area (Å²) in [5.41, 5.74) is 0.428. The number of anilines is 1. The summed E-state index contributed by atoms with van der Waals surface area (Å²) >= 11 is 9.20. The summed E-state index contributed by atoms with van der Waals surface area (Å²) in [6, 6.07) is 8.70. The number of methoxy groups -OCH3 is 1. The monoisotopic (exact) mass is 432 g/mol. The standard InChI is InChI=1S/C15H14BrClN2O4S/c1-18-15(20)11-8-10(4-6-14(11)23-2)24(21,22)19-9-3-5-12(16)13(17)7-9/h3-8,19H,1-2H3,(H,18,20). The van der Waals surface area contributed by atoms with Crippen LogP contribution < -0.4 is 14.8 Å². The number of rotatable bonds is 5. The molecule has 9 heteroatoms. The molecule has 0 heterocycles. The van der Waals surface area contributed by atoms with Crippen LogP contribution in [0, 0.1) is 0 Å². The third kappa shape index (κ3) is 4.00. The molecule has 6 nitrogen and oxygen atoms in total. The minimum absolute atomic E-state index is 0.0686. The van der Waals surface area contributed by atoms with Crippen LogP contribution in [0.25, 0.3) is 0 Å². The molecule has 0 aliphatic heterocycles. The van der Waals surface area contributed by atoms with E-state index in [2.05, 4.69) is 26.0 Å². The number of carbonyl (C=O) groups excluding carboxylic acids is 1. The molecule has 0 saturated heterocycles. The predicted octanol–water partition coefficient (Wildman–Crippen LogP) is 3.27. The van der Waals surface area contributed by atoms with Crippen LogP contribution in [0.1, 0.15) is 10.4 Å². The fourth-order valence-corrected chi connectivity index (χ4v) is 3.44. The maximum absolute atomic E-state index is 12.5. The summed E-state index contributed by atoms with van der Waals surface area (Å²) in [4.78, 5) is 11.8. The van der Waals surface area contributed by atoms with Gasteiger partial charge in [0.15, 0.2) is 0 Å². The molecule has 0 aliphatic rings. The molecule has 128 valence electrons. The number of benzene rings is 2. The number of nitrogens with one attached hydrogen (secondary N) is 2. The second kappa shape index (κ2) is 7.42. The van der Waals surface area contributed by atoms with E-state index in [4.69, 9.17) is 16.3 Å². The molecular weight excluding hydrogens is 420 g/mol. The van der Waals surface area contributed by atoms with Crippen molar-refractivity contribution in [3.8, 4) is 5.75 Å². The van der Waals surface area contributed by atoms with Gasteiger partial charge in [0.2, 0.25) is 0 Å². The van der Waals surface area contributed by atoms with E-state index in [1.54, 1.807) is 12.1 Å². The van der Waals surface area contributed by atoms with Gasteiger partial charge in [-0.05, 0) is 52.3 Å². The average molecular weight is 434 g/mol. The van der Waals surface area contributed by atoms with Gasteiger partial charge in [0.1, 0.15) is 5.75 Å². The summed E-state index contributed by atoms with van der Waals surface area (Å²) in [5, 5.41) is 2.81. The minimum Gasteiger partial charge on any atom is -0.496 e. The highest BCUT2D eigenvalue weighted by Crippen LogP contribution is 2.28. The van der Waals surface area contributed by atoms with Gasteiger partial charge in [-0.1, -0.05) is 11.6 Å². The van der Waals surface area contributed by atoms with Crippen molar-refractivity contribution in [1.82, 2.24) is 5.32 Å². The molecule has 0 saturated carbocycles. The molecule has 0 atom stereocenters. The highest BCUT2D eigenvalue weighted by atomic mass is 79.9. The zero-order valence-electron chi connectivity index (χ0n) is 12.8. The normalized spacial score (nSPS) is 11.0. The van der Waals surface area contributed by atoms with Gasteiger partial charge in [0.25, 0.3) is 15.9 Å². The molecule has 0 fully saturated rings. The second-order valence-electron chi connectivity index (χ2n) is 4.68. The number of hydrogen-bond acceptors (Lipinski definition) is 4. The van der Waals surface area contributed by atoms with E-state index in [1.807, 2.05) is 0 Å². The predicted molar refractivity (Wildman–Crippen MR) is 96.3 cm³/mol. The first kappa shape index (κ1) is 18.6. The third-order valence-corrected chi connectivity index (χ3v) is 5.74. The molecule has 2 aromatic rings. The summed E-state index contributed by atoms with van der Waals surface area (Å²) in [7, 11) is -1.04. The van der Waals surface area contributed by atoms with Gasteiger partial charge in [0, 0.05) is 11.5 Å². The van der Waals surface area contributed by atoms with Gasteiger partial charge in [-0.15, -0.1) is 0 Å². The van der Waals surface area contributed by atoms with E-state index in [-0.39, 0.29) is 16.2 Å². The zero-order valence-corrected chi connectivity index (χ0v) is 15.9. The Morgan fingerprint density at radius 3 is 2.50 bits per heavy atom. The van der Waals surface area contributed by atoms with Gasteiger partial charge in [-0.3, -0.25) is 9.52 Å². The smallest absolute Gasteiger partial charge is 0.261 e. The van der Waals surface area contributed by atoms with Gasteiger partial charge >= 0.3 is 0 Å². The molecule has 2 aromatic carbocycles. The number of sulfonamides is 1. The summed E-state index contributed by atoms with van der Waals surface area (Å²) in [6.45, 7) is 0. The minimum atomic E-state index is -3.89. The van der Waals surface area contributed by atoms with Crippen molar-refractivity contribution in [3.05, 3.63) is 51.5 Å². The lowest BCUT2D eigenvalue weighted by Crippen LogP contribution is -2.20. The maximum Gasteiger partial charge on any atom is 0.261 e. The molecule has 0 aromatic heterocycles. The Morgan fingerprint density at radius 2 is 1.92 bits per heavy atom. The van der Waals surface area contributed by atoms with E-state index in [1.165, 1.54) is 38.4 Å². The van der Waals surface area contributed by atoms with Crippen LogP contribution >= 0.6 is 27.5 Å². The molecule has 2 N–H and O–H groups in total. The molecule has 0 aliphatic carbocycles. The van der Waals surface area contributed by atoms with Crippen LogP contribution in [0.3, 0.4) is 0 Å². The number of amides is 1. The molecule has 24 heavy (non-hydrogen) atoms. The van der Waals surface area contributed by atoms with Crippen LogP contribution in [0.15, 0.2) is 45.8 Å². The van der Waals surface area contributed by atoms with Crippen molar-refractivity contribution in [2.75, 3.05) is 18.9 Å². The van der Waals surface area contributed by atoms with Crippen LogP contribution in [-0.2, 0) is 10.0 Å². The Kier molecular flexibility index (Phi) is 5.74. The SMILES string of the molecule is CNC(=O)c1cc(S(=O)(=O)Nc2ccc(Br)c(Cl)c2)ccc1OC. The van der Waals surface area contributed by atoms with Gasteiger partial charge in [0.05, 0.1) is 28.3 Å². The zero-order chi connectivity index (χ0) is 17.9. The maximum atomic E-state index is 12.5. The van der Waals surface area contributed by atoms with Crippen LogP contribution in [0.5, 0.6) is 5.75 Å². The van der Waals surface area contributed by atoms with E-state index >= 15 is 0 Å². The lowest BCUT2D eigenvalue weighted by molar-refractivity contribution is 0.0960. The highest BCUT2D eigenvalue weighted by molar-refractivity contribution is 9.10. The Balaban J connectivity index is 2.41. The largest absolute Gasteiger partial charge is 0.496 e. The summed E-state index contributed by atoms with van der Waals surface area (Å²) < 4.78 is 33.2. The van der Waals surface area contributed by atoms with Crippen molar-refractivity contribution < 1.29 is 17.9 Å². The van der Waals surface area contributed by atoms with Crippen LogP contribution in [0.2, 0.25) is 5.02 Å². The van der Waals surface area contributed by atoms with Gasteiger partial charge in [-0.25, -0.2) is 8.42 Å². The molecule has 1 amide bonds. The van der Waals surface area contributed by atoms with Crippen molar-refractivity contribution in [2.24, 2.45) is 0 Å². The average Bonchev–Trinajstić information content (AvgIpc) is 2.56. The van der Waals surface area contributed by atoms with Gasteiger partial charge < -0.3 is 10.1 Å². The Hall–Kier alpha value is -1.77. The molecule has 2 rings (SSSR count). The van der Waals surface area contributed by atoms with E-state index in [9.17, 15) is 13.2 Å². The number of carbonyl (C=O) groups is 1. The third-order valence-electron chi connectivity index (χ3n) is 3.12. The van der Waals surface area contributed by atoms with Crippen LogP contribution in [0.4, 0.5) is 5.69 Å². The number of halogens is 2. The van der Waals surface area contributed by atoms with E-state index in [0.29, 0.717) is 15.2 Å². The fourth-order valence-electron chi connectivity index (χ4n) is 1.94. The second-order valence-corrected chi connectivity index (χ2v) is 7.62. The molecular formula is C15H14BrClN2O4S. The summed E-state index contributed by atoms with van der Waals surface area (Å²) in [5.74, 6) is -0.171. The Bertz CT molecular complexity index is 887.